The molecular formula is C29H55NO3. The standard InChI is InChI=1S/C29H55NO3/c1-6-10-18-28(19-11-7-2)22-24(27(32)33-5)23-29(20-12-8-3,21-13-9-4)30(28)25-14-16-26(31)17-15-25/h24-26,31H,6-23H2,1-5H3. The number of hydrogen-bond acceptors (Lipinski definition) is 4. The first-order valence-electron chi connectivity index (χ1n) is 14.5. The van der Waals surface area contributed by atoms with Gasteiger partial charge in [0.2, 0.25) is 0 Å². The summed E-state index contributed by atoms with van der Waals surface area (Å²) in [6.45, 7) is 9.21. The second-order valence-electron chi connectivity index (χ2n) is 11.3. The van der Waals surface area contributed by atoms with E-state index in [1.165, 1.54) is 77.0 Å². The molecule has 1 aliphatic heterocycles. The van der Waals surface area contributed by atoms with E-state index in [0.717, 1.165) is 38.5 Å². The molecule has 0 aromatic heterocycles. The smallest absolute Gasteiger partial charge is 0.308 e. The summed E-state index contributed by atoms with van der Waals surface area (Å²) < 4.78 is 5.40. The lowest BCUT2D eigenvalue weighted by atomic mass is 9.63. The zero-order chi connectivity index (χ0) is 24.3. The topological polar surface area (TPSA) is 49.8 Å². The molecule has 0 bridgehead atoms. The molecule has 0 radical (unpaired) electrons. The fraction of sp³-hybridized carbons (Fsp3) is 0.966. The van der Waals surface area contributed by atoms with Crippen molar-refractivity contribution in [2.75, 3.05) is 7.11 Å². The van der Waals surface area contributed by atoms with Gasteiger partial charge in [0.15, 0.2) is 0 Å². The number of nitrogens with zero attached hydrogens (tertiary/aromatic N) is 1. The minimum absolute atomic E-state index is 0.0165. The van der Waals surface area contributed by atoms with Crippen molar-refractivity contribution in [2.24, 2.45) is 5.92 Å². The van der Waals surface area contributed by atoms with Crippen LogP contribution in [0.1, 0.15) is 143 Å². The molecule has 0 unspecified atom stereocenters. The summed E-state index contributed by atoms with van der Waals surface area (Å²) in [5.41, 5.74) is 0.162. The lowest BCUT2D eigenvalue weighted by Crippen LogP contribution is -2.69. The van der Waals surface area contributed by atoms with Gasteiger partial charge in [-0.15, -0.1) is 0 Å². The molecule has 0 atom stereocenters. The van der Waals surface area contributed by atoms with Crippen molar-refractivity contribution < 1.29 is 14.6 Å². The summed E-state index contributed by atoms with van der Waals surface area (Å²) in [6, 6.07) is 0.537. The van der Waals surface area contributed by atoms with Crippen LogP contribution in [-0.4, -0.2) is 46.3 Å². The number of piperidine rings is 1. The Morgan fingerprint density at radius 1 is 0.788 bits per heavy atom. The van der Waals surface area contributed by atoms with Crippen LogP contribution in [-0.2, 0) is 9.53 Å². The lowest BCUT2D eigenvalue weighted by Gasteiger charge is -2.64. The highest BCUT2D eigenvalue weighted by molar-refractivity contribution is 5.72. The van der Waals surface area contributed by atoms with Gasteiger partial charge in [-0.2, -0.15) is 0 Å². The van der Waals surface area contributed by atoms with Crippen molar-refractivity contribution in [1.29, 1.82) is 0 Å². The monoisotopic (exact) mass is 465 g/mol. The number of carbonyl (C=O) groups is 1. The number of ether oxygens (including phenoxy) is 1. The zero-order valence-electron chi connectivity index (χ0n) is 22.7. The maximum Gasteiger partial charge on any atom is 0.308 e. The normalized spacial score (nSPS) is 25.8. The predicted octanol–water partition coefficient (Wildman–Crippen LogP) is 7.41. The Morgan fingerprint density at radius 3 is 1.52 bits per heavy atom. The minimum Gasteiger partial charge on any atom is -0.469 e. The van der Waals surface area contributed by atoms with Crippen molar-refractivity contribution in [2.45, 2.75) is 166 Å². The first kappa shape index (κ1) is 28.6. The Balaban J connectivity index is 2.62. The van der Waals surface area contributed by atoms with Gasteiger partial charge in [0, 0.05) is 17.1 Å². The maximum absolute atomic E-state index is 13.1. The summed E-state index contributed by atoms with van der Waals surface area (Å²) >= 11 is 0. The van der Waals surface area contributed by atoms with Crippen LogP contribution in [0.2, 0.25) is 0 Å². The highest BCUT2D eigenvalue weighted by Crippen LogP contribution is 2.53. The molecule has 2 aliphatic rings. The van der Waals surface area contributed by atoms with Crippen LogP contribution in [0, 0.1) is 5.92 Å². The highest BCUT2D eigenvalue weighted by Gasteiger charge is 2.56. The number of aliphatic hydroxyl groups is 1. The molecule has 2 rings (SSSR count). The van der Waals surface area contributed by atoms with Gasteiger partial charge in [-0.25, -0.2) is 0 Å². The molecule has 1 saturated carbocycles. The van der Waals surface area contributed by atoms with Gasteiger partial charge >= 0.3 is 5.97 Å². The van der Waals surface area contributed by atoms with Gasteiger partial charge in [-0.1, -0.05) is 79.1 Å². The summed E-state index contributed by atoms with van der Waals surface area (Å²) in [7, 11) is 1.58. The molecule has 4 heteroatoms. The number of aliphatic hydroxyl groups excluding tert-OH is 1. The van der Waals surface area contributed by atoms with Crippen molar-refractivity contribution >= 4 is 5.97 Å². The summed E-state index contributed by atoms with van der Waals surface area (Å²) in [5.74, 6) is 0.0336. The van der Waals surface area contributed by atoms with E-state index < -0.39 is 0 Å². The number of rotatable bonds is 14. The van der Waals surface area contributed by atoms with Crippen molar-refractivity contribution in [3.05, 3.63) is 0 Å². The Bertz CT molecular complexity index is 509. The Kier molecular flexibility index (Phi) is 12.2. The third kappa shape index (κ3) is 7.19. The molecule has 1 saturated heterocycles. The third-order valence-electron chi connectivity index (χ3n) is 8.82. The lowest BCUT2D eigenvalue weighted by molar-refractivity contribution is -0.169. The zero-order valence-corrected chi connectivity index (χ0v) is 22.7. The second kappa shape index (κ2) is 14.1. The van der Waals surface area contributed by atoms with Crippen molar-refractivity contribution in [1.82, 2.24) is 4.90 Å². The molecule has 1 aliphatic carbocycles. The molecule has 0 amide bonds. The summed E-state index contributed by atoms with van der Waals surface area (Å²) in [6.07, 6.45) is 20.3. The van der Waals surface area contributed by atoms with Crippen molar-refractivity contribution in [3.8, 4) is 0 Å². The predicted molar refractivity (Wildman–Crippen MR) is 138 cm³/mol. The molecule has 0 aromatic rings. The van der Waals surface area contributed by atoms with E-state index in [-0.39, 0.29) is 29.1 Å². The minimum atomic E-state index is -0.129. The number of unbranched alkanes of at least 4 members (excludes halogenated alkanes) is 4. The van der Waals surface area contributed by atoms with Gasteiger partial charge < -0.3 is 9.84 Å². The summed E-state index contributed by atoms with van der Waals surface area (Å²) in [5, 5.41) is 10.3. The average molecular weight is 466 g/mol. The molecule has 4 nitrogen and oxygen atoms in total. The van der Waals surface area contributed by atoms with E-state index in [1.807, 2.05) is 0 Å². The largest absolute Gasteiger partial charge is 0.469 e. The second-order valence-corrected chi connectivity index (χ2v) is 11.3. The van der Waals surface area contributed by atoms with Crippen LogP contribution < -0.4 is 0 Å². The van der Waals surface area contributed by atoms with Gasteiger partial charge in [-0.3, -0.25) is 9.69 Å². The van der Waals surface area contributed by atoms with Gasteiger partial charge in [0.25, 0.3) is 0 Å². The quantitative estimate of drug-likeness (QED) is 0.271. The Hall–Kier alpha value is -0.610. The average Bonchev–Trinajstić information content (AvgIpc) is 2.84. The molecule has 33 heavy (non-hydrogen) atoms. The summed E-state index contributed by atoms with van der Waals surface area (Å²) in [4.78, 5) is 16.1. The molecule has 2 fully saturated rings. The van der Waals surface area contributed by atoms with Gasteiger partial charge in [0.05, 0.1) is 19.1 Å². The van der Waals surface area contributed by atoms with Crippen LogP contribution in [0.15, 0.2) is 0 Å². The fourth-order valence-corrected chi connectivity index (χ4v) is 7.28. The molecule has 1 heterocycles. The van der Waals surface area contributed by atoms with Crippen LogP contribution in [0.5, 0.6) is 0 Å². The third-order valence-corrected chi connectivity index (χ3v) is 8.82. The van der Waals surface area contributed by atoms with Gasteiger partial charge in [-0.05, 0) is 64.2 Å². The van der Waals surface area contributed by atoms with Crippen LogP contribution in [0.25, 0.3) is 0 Å². The van der Waals surface area contributed by atoms with E-state index in [1.54, 1.807) is 7.11 Å². The van der Waals surface area contributed by atoms with Gasteiger partial charge in [0.1, 0.15) is 0 Å². The number of carbonyl (C=O) groups excluding carboxylic acids is 1. The van der Waals surface area contributed by atoms with Crippen LogP contribution in [0.3, 0.4) is 0 Å². The first-order valence-corrected chi connectivity index (χ1v) is 14.5. The van der Waals surface area contributed by atoms with Crippen LogP contribution >= 0.6 is 0 Å². The van der Waals surface area contributed by atoms with E-state index in [0.29, 0.717) is 6.04 Å². The van der Waals surface area contributed by atoms with E-state index in [9.17, 15) is 9.90 Å². The number of esters is 1. The molecule has 1 N–H and O–H groups in total. The fourth-order valence-electron chi connectivity index (χ4n) is 7.28. The van der Waals surface area contributed by atoms with E-state index >= 15 is 0 Å². The molecular weight excluding hydrogens is 410 g/mol. The number of hydrogen-bond donors (Lipinski definition) is 1. The number of likely N-dealkylation sites (tertiary alicyclic amines) is 1. The Morgan fingerprint density at radius 2 is 1.18 bits per heavy atom. The van der Waals surface area contributed by atoms with Crippen LogP contribution in [0.4, 0.5) is 0 Å². The maximum atomic E-state index is 13.1. The highest BCUT2D eigenvalue weighted by atomic mass is 16.5. The Labute approximate surface area is 205 Å². The van der Waals surface area contributed by atoms with E-state index in [2.05, 4.69) is 32.6 Å². The molecule has 194 valence electrons. The first-order chi connectivity index (χ1) is 15.9. The van der Waals surface area contributed by atoms with Crippen molar-refractivity contribution in [3.63, 3.8) is 0 Å². The SMILES string of the molecule is CCCCC1(CCCC)CC(C(=O)OC)CC(CCCC)(CCCC)N1C1CCC(O)CC1. The number of methoxy groups -OCH3 is 1. The van der Waals surface area contributed by atoms with E-state index in [4.69, 9.17) is 4.74 Å². The molecule has 0 spiro atoms. The molecule has 0 aromatic carbocycles.